The molecule has 8 nitrogen and oxygen atoms in total. The van der Waals surface area contributed by atoms with Gasteiger partial charge in [-0.25, -0.2) is 4.39 Å². The summed E-state index contributed by atoms with van der Waals surface area (Å²) in [4.78, 5) is 41.6. The zero-order valence-corrected chi connectivity index (χ0v) is 29.6. The minimum Gasteiger partial charge on any atom is -0.497 e. The van der Waals surface area contributed by atoms with Gasteiger partial charge in [-0.3, -0.25) is 19.3 Å². The fourth-order valence-electron chi connectivity index (χ4n) is 6.89. The van der Waals surface area contributed by atoms with Gasteiger partial charge in [-0.15, -0.1) is 0 Å². The summed E-state index contributed by atoms with van der Waals surface area (Å²) in [5.41, 5.74) is 1.29. The van der Waals surface area contributed by atoms with Crippen LogP contribution in [0.1, 0.15) is 78.5 Å². The maximum atomic E-state index is 15.9. The van der Waals surface area contributed by atoms with Gasteiger partial charge in [-0.2, -0.15) is 13.2 Å². The van der Waals surface area contributed by atoms with Crippen molar-refractivity contribution in [3.8, 4) is 16.9 Å². The van der Waals surface area contributed by atoms with Crippen molar-refractivity contribution < 1.29 is 41.7 Å². The number of ketones is 1. The Hall–Kier alpha value is -4.03. The number of carboxylic acid groups (broad SMARTS) is 1. The van der Waals surface area contributed by atoms with Crippen LogP contribution in [0.4, 0.5) is 17.6 Å². The van der Waals surface area contributed by atoms with Gasteiger partial charge in [0.2, 0.25) is 0 Å². The number of hydrogen-bond donors (Lipinski definition) is 1. The van der Waals surface area contributed by atoms with E-state index in [1.54, 1.807) is 33.3 Å². The summed E-state index contributed by atoms with van der Waals surface area (Å²) >= 11 is 0. The van der Waals surface area contributed by atoms with Crippen molar-refractivity contribution in [1.82, 2.24) is 9.47 Å². The Bertz CT molecular complexity index is 1750. The topological polar surface area (TPSA) is 98.1 Å². The highest BCUT2D eigenvalue weighted by molar-refractivity contribution is 5.84. The van der Waals surface area contributed by atoms with Crippen LogP contribution in [0, 0.1) is 32.5 Å². The van der Waals surface area contributed by atoms with Crippen molar-refractivity contribution in [1.29, 1.82) is 0 Å². The number of halogens is 4. The van der Waals surface area contributed by atoms with Gasteiger partial charge in [0.25, 0.3) is 5.56 Å². The predicted molar refractivity (Wildman–Crippen MR) is 182 cm³/mol. The Balaban J connectivity index is 1.75. The zero-order chi connectivity index (χ0) is 37.1. The monoisotopic (exact) mass is 702 g/mol. The molecule has 1 saturated heterocycles. The molecule has 4 rings (SSSR count). The molecular weight excluding hydrogens is 656 g/mol. The molecule has 12 heteroatoms. The second-order valence-electron chi connectivity index (χ2n) is 13.8. The van der Waals surface area contributed by atoms with Crippen LogP contribution in [0.15, 0.2) is 41.3 Å². The van der Waals surface area contributed by atoms with Crippen LogP contribution in [0.5, 0.6) is 5.75 Å². The molecule has 0 radical (unpaired) electrons. The lowest BCUT2D eigenvalue weighted by Gasteiger charge is -2.38. The molecule has 0 bridgehead atoms. The summed E-state index contributed by atoms with van der Waals surface area (Å²) in [5.74, 6) is -3.09. The highest BCUT2D eigenvalue weighted by Crippen LogP contribution is 2.38. The summed E-state index contributed by atoms with van der Waals surface area (Å²) in [6, 6.07) is 6.25. The number of aliphatic carboxylic acids is 1. The number of pyridine rings is 1. The van der Waals surface area contributed by atoms with E-state index < -0.39 is 59.7 Å². The SMILES string of the molecule is COc1cc(C)c(-c2cc(C)c(F)c([C@H](CC(=O)O)CC(=O)C(CC(C)C)n3cc(CCN4CC(OC)C4)c(C(F)(F)F)cc3=O)c2)c(C)c1. The molecule has 1 N–H and O–H groups in total. The van der Waals surface area contributed by atoms with E-state index in [2.05, 4.69) is 0 Å². The van der Waals surface area contributed by atoms with E-state index in [-0.39, 0.29) is 41.6 Å². The van der Waals surface area contributed by atoms with Gasteiger partial charge in [-0.1, -0.05) is 13.8 Å². The molecule has 0 aliphatic carbocycles. The number of methoxy groups -OCH3 is 2. The number of nitrogens with zero attached hydrogens (tertiary/aromatic N) is 2. The maximum absolute atomic E-state index is 15.9. The number of rotatable bonds is 15. The van der Waals surface area contributed by atoms with E-state index in [4.69, 9.17) is 9.47 Å². The maximum Gasteiger partial charge on any atom is 0.416 e. The second kappa shape index (κ2) is 15.9. The number of Topliss-reactive ketones (excluding diaryl/α,β-unsaturated/α-hetero) is 1. The number of benzene rings is 2. The third-order valence-electron chi connectivity index (χ3n) is 9.45. The van der Waals surface area contributed by atoms with Crippen LogP contribution in [0.25, 0.3) is 11.1 Å². The Morgan fingerprint density at radius 1 is 0.980 bits per heavy atom. The normalized spacial score (nSPS) is 15.2. The second-order valence-corrected chi connectivity index (χ2v) is 13.8. The molecule has 1 unspecified atom stereocenters. The molecule has 1 aliphatic heterocycles. The molecule has 1 aromatic heterocycles. The summed E-state index contributed by atoms with van der Waals surface area (Å²) < 4.78 is 69.9. The highest BCUT2D eigenvalue weighted by atomic mass is 19.4. The molecule has 50 heavy (non-hydrogen) atoms. The van der Waals surface area contributed by atoms with Gasteiger partial charge in [0.05, 0.1) is 31.2 Å². The Labute approximate surface area is 290 Å². The smallest absolute Gasteiger partial charge is 0.416 e. The minimum absolute atomic E-state index is 0.0106. The lowest BCUT2D eigenvalue weighted by Crippen LogP contribution is -2.52. The van der Waals surface area contributed by atoms with Crippen molar-refractivity contribution in [2.45, 2.75) is 84.5 Å². The predicted octanol–water partition coefficient (Wildman–Crippen LogP) is 7.29. The van der Waals surface area contributed by atoms with E-state index >= 15 is 4.39 Å². The van der Waals surface area contributed by atoms with Crippen molar-refractivity contribution in [3.05, 3.63) is 86.1 Å². The number of aromatic nitrogens is 1. The summed E-state index contributed by atoms with van der Waals surface area (Å²) in [6.45, 7) is 10.4. The molecule has 1 fully saturated rings. The van der Waals surface area contributed by atoms with Crippen LogP contribution in [0.2, 0.25) is 0 Å². The Kier molecular flexibility index (Phi) is 12.3. The van der Waals surface area contributed by atoms with Gasteiger partial charge < -0.3 is 19.1 Å². The number of aryl methyl sites for hydroxylation is 3. The van der Waals surface area contributed by atoms with E-state index in [1.165, 1.54) is 0 Å². The van der Waals surface area contributed by atoms with Crippen LogP contribution >= 0.6 is 0 Å². The van der Waals surface area contributed by atoms with Crippen LogP contribution in [-0.2, 0) is 26.9 Å². The Morgan fingerprint density at radius 3 is 2.16 bits per heavy atom. The minimum atomic E-state index is -4.79. The quantitative estimate of drug-likeness (QED) is 0.166. The van der Waals surface area contributed by atoms with Crippen molar-refractivity contribution in [3.63, 3.8) is 0 Å². The molecule has 272 valence electrons. The number of carbonyl (C=O) groups is 2. The molecule has 2 aromatic carbocycles. The number of hydrogen-bond acceptors (Lipinski definition) is 6. The van der Waals surface area contributed by atoms with Crippen molar-refractivity contribution >= 4 is 11.8 Å². The number of ether oxygens (including phenoxy) is 2. The number of carbonyl (C=O) groups excluding carboxylic acids is 1. The van der Waals surface area contributed by atoms with Crippen LogP contribution < -0.4 is 10.3 Å². The van der Waals surface area contributed by atoms with Crippen molar-refractivity contribution in [2.75, 3.05) is 33.9 Å². The molecule has 2 heterocycles. The third kappa shape index (κ3) is 9.00. The molecule has 2 atom stereocenters. The first-order chi connectivity index (χ1) is 23.4. The van der Waals surface area contributed by atoms with Crippen LogP contribution in [0.3, 0.4) is 0 Å². The lowest BCUT2D eigenvalue weighted by atomic mass is 9.83. The summed E-state index contributed by atoms with van der Waals surface area (Å²) in [5, 5.41) is 9.88. The Morgan fingerprint density at radius 2 is 1.62 bits per heavy atom. The van der Waals surface area contributed by atoms with Gasteiger partial charge in [0.1, 0.15) is 11.6 Å². The van der Waals surface area contributed by atoms with Crippen molar-refractivity contribution in [2.24, 2.45) is 5.92 Å². The summed E-state index contributed by atoms with van der Waals surface area (Å²) in [6.07, 6.45) is -4.59. The largest absolute Gasteiger partial charge is 0.497 e. The number of carboxylic acids is 1. The molecule has 3 aromatic rings. The fraction of sp³-hybridized carbons (Fsp3) is 0.500. The van der Waals surface area contributed by atoms with E-state index in [1.807, 2.05) is 44.7 Å². The average molecular weight is 703 g/mol. The number of likely N-dealkylation sites (tertiary alicyclic amines) is 1. The first-order valence-electron chi connectivity index (χ1n) is 16.7. The van der Waals surface area contributed by atoms with E-state index in [9.17, 15) is 32.7 Å². The zero-order valence-electron chi connectivity index (χ0n) is 29.6. The van der Waals surface area contributed by atoms with E-state index in [0.717, 1.165) is 27.5 Å². The van der Waals surface area contributed by atoms with Gasteiger partial charge in [-0.05, 0) is 103 Å². The molecular formula is C38H46F4N2O6. The average Bonchev–Trinajstić information content (AvgIpc) is 2.99. The molecule has 0 spiro atoms. The van der Waals surface area contributed by atoms with Gasteiger partial charge >= 0.3 is 12.1 Å². The highest BCUT2D eigenvalue weighted by Gasteiger charge is 2.37. The number of alkyl halides is 3. The molecule has 0 amide bonds. The van der Waals surface area contributed by atoms with Gasteiger partial charge in [0.15, 0.2) is 5.78 Å². The third-order valence-corrected chi connectivity index (χ3v) is 9.45. The standard InChI is InChI=1S/C38H46F4N2O6/c1-21(2)10-32(44-18-25(8-9-43-19-29(20-43)50-7)31(17-34(44)46)38(40,41)42)33(45)15-26(16-35(47)48)30-14-27(11-24(5)37(30)39)36-22(3)12-28(49-6)13-23(36)4/h11-14,17-18,21,26,29,32H,8-10,15-16,19-20H2,1-7H3,(H,47,48)/t26-,32?/m0/s1. The molecule has 1 aliphatic rings. The summed E-state index contributed by atoms with van der Waals surface area (Å²) in [7, 11) is 3.12. The lowest BCUT2D eigenvalue weighted by molar-refractivity contribution is -0.139. The fourth-order valence-corrected chi connectivity index (χ4v) is 6.89. The van der Waals surface area contributed by atoms with Crippen LogP contribution in [-0.4, -0.2) is 66.3 Å². The van der Waals surface area contributed by atoms with E-state index in [0.29, 0.717) is 37.0 Å². The first-order valence-corrected chi connectivity index (χ1v) is 16.7. The van der Waals surface area contributed by atoms with Gasteiger partial charge in [0, 0.05) is 51.3 Å². The molecule has 0 saturated carbocycles. The first kappa shape index (κ1) is 38.8.